The Hall–Kier alpha value is -1.94. The average Bonchev–Trinajstić information content (AvgIpc) is 2.67. The number of rotatable bonds is 6. The third kappa shape index (κ3) is 5.77. The molecule has 2 atom stereocenters. The van der Waals surface area contributed by atoms with Crippen molar-refractivity contribution in [3.8, 4) is 0 Å². The fourth-order valence-corrected chi connectivity index (χ4v) is 4.26. The maximum absolute atomic E-state index is 12.3. The number of nitrogens with one attached hydrogen (secondary N) is 1. The molecule has 0 saturated carbocycles. The highest BCUT2D eigenvalue weighted by Crippen LogP contribution is 2.25. The van der Waals surface area contributed by atoms with Gasteiger partial charge in [0.05, 0.1) is 11.8 Å². The van der Waals surface area contributed by atoms with Crippen LogP contribution in [0.3, 0.4) is 0 Å². The Bertz CT molecular complexity index is 742. The molecule has 0 aromatic heterocycles. The molecular weight excluding hydrogens is 352 g/mol. The van der Waals surface area contributed by atoms with E-state index in [2.05, 4.69) is 72.6 Å². The van der Waals surface area contributed by atoms with Gasteiger partial charge in [0.25, 0.3) is 0 Å². The number of carbonyl (C=O) groups excluding carboxylic acids is 1. The molecule has 1 N–H and O–H groups in total. The molecule has 1 aliphatic heterocycles. The van der Waals surface area contributed by atoms with Gasteiger partial charge in [-0.25, -0.2) is 0 Å². The van der Waals surface area contributed by atoms with E-state index >= 15 is 0 Å². The Labute approximate surface area is 167 Å². The molecule has 144 valence electrons. The van der Waals surface area contributed by atoms with Gasteiger partial charge in [-0.2, -0.15) is 0 Å². The molecule has 0 spiro atoms. The average molecular weight is 383 g/mol. The van der Waals surface area contributed by atoms with Gasteiger partial charge in [-0.05, 0) is 62.4 Å². The molecule has 27 heavy (non-hydrogen) atoms. The highest BCUT2D eigenvalue weighted by molar-refractivity contribution is 8.00. The van der Waals surface area contributed by atoms with Crippen molar-refractivity contribution in [3.05, 3.63) is 59.7 Å². The van der Waals surface area contributed by atoms with Gasteiger partial charge in [0.1, 0.15) is 0 Å². The van der Waals surface area contributed by atoms with Crippen LogP contribution in [0.25, 0.3) is 0 Å². The zero-order chi connectivity index (χ0) is 19.2. The summed E-state index contributed by atoms with van der Waals surface area (Å²) < 4.78 is 0. The monoisotopic (exact) mass is 382 g/mol. The van der Waals surface area contributed by atoms with E-state index in [4.69, 9.17) is 0 Å². The lowest BCUT2D eigenvalue weighted by Crippen LogP contribution is -2.34. The summed E-state index contributed by atoms with van der Waals surface area (Å²) in [5.74, 6) is 1.28. The van der Waals surface area contributed by atoms with Gasteiger partial charge in [0.15, 0.2) is 0 Å². The molecule has 2 aromatic rings. The van der Waals surface area contributed by atoms with Crippen molar-refractivity contribution in [2.24, 2.45) is 5.92 Å². The van der Waals surface area contributed by atoms with Crippen LogP contribution in [0.5, 0.6) is 0 Å². The summed E-state index contributed by atoms with van der Waals surface area (Å²) in [6, 6.07) is 17.0. The highest BCUT2D eigenvalue weighted by Gasteiger charge is 2.17. The SMILES string of the molecule is Cc1ccc(SCC(=O)N[C@H](C)c2ccc(N3CCC[C@H](C)C3)cc2)cc1. The first-order chi connectivity index (χ1) is 13.0. The van der Waals surface area contributed by atoms with Crippen molar-refractivity contribution in [2.75, 3.05) is 23.7 Å². The fourth-order valence-electron chi connectivity index (χ4n) is 3.55. The van der Waals surface area contributed by atoms with E-state index in [1.807, 2.05) is 6.92 Å². The van der Waals surface area contributed by atoms with E-state index < -0.39 is 0 Å². The maximum atomic E-state index is 12.3. The molecule has 1 saturated heterocycles. The molecule has 0 bridgehead atoms. The van der Waals surface area contributed by atoms with Crippen LogP contribution < -0.4 is 10.2 Å². The molecule has 3 rings (SSSR count). The summed E-state index contributed by atoms with van der Waals surface area (Å²) in [6.45, 7) is 8.73. The number of piperidine rings is 1. The quantitative estimate of drug-likeness (QED) is 0.697. The second-order valence-corrected chi connectivity index (χ2v) is 8.72. The number of anilines is 1. The number of thioether (sulfide) groups is 1. The summed E-state index contributed by atoms with van der Waals surface area (Å²) in [7, 11) is 0. The predicted molar refractivity (Wildman–Crippen MR) is 116 cm³/mol. The van der Waals surface area contributed by atoms with Gasteiger partial charge in [-0.15, -0.1) is 11.8 Å². The number of nitrogens with zero attached hydrogens (tertiary/aromatic N) is 1. The second kappa shape index (κ2) is 9.32. The molecule has 1 fully saturated rings. The van der Waals surface area contributed by atoms with Crippen LogP contribution >= 0.6 is 11.8 Å². The first-order valence-corrected chi connectivity index (χ1v) is 10.8. The number of hydrogen-bond acceptors (Lipinski definition) is 3. The van der Waals surface area contributed by atoms with Crippen molar-refractivity contribution in [1.82, 2.24) is 5.32 Å². The largest absolute Gasteiger partial charge is 0.371 e. The summed E-state index contributed by atoms with van der Waals surface area (Å²) in [5, 5.41) is 3.11. The highest BCUT2D eigenvalue weighted by atomic mass is 32.2. The molecule has 0 aliphatic carbocycles. The van der Waals surface area contributed by atoms with Crippen LogP contribution in [0.2, 0.25) is 0 Å². The fraction of sp³-hybridized carbons (Fsp3) is 0.435. The van der Waals surface area contributed by atoms with E-state index in [1.165, 1.54) is 24.1 Å². The summed E-state index contributed by atoms with van der Waals surface area (Å²) in [5.41, 5.74) is 3.68. The van der Waals surface area contributed by atoms with Gasteiger partial charge >= 0.3 is 0 Å². The van der Waals surface area contributed by atoms with Crippen LogP contribution in [0.15, 0.2) is 53.4 Å². The molecule has 0 radical (unpaired) electrons. The van der Waals surface area contributed by atoms with Crippen LogP contribution in [-0.4, -0.2) is 24.7 Å². The minimum atomic E-state index is 0.0189. The Morgan fingerprint density at radius 3 is 2.56 bits per heavy atom. The minimum Gasteiger partial charge on any atom is -0.371 e. The van der Waals surface area contributed by atoms with E-state index in [-0.39, 0.29) is 11.9 Å². The number of hydrogen-bond donors (Lipinski definition) is 1. The molecule has 1 aliphatic rings. The number of carbonyl (C=O) groups is 1. The topological polar surface area (TPSA) is 32.3 Å². The summed E-state index contributed by atoms with van der Waals surface area (Å²) >= 11 is 1.58. The maximum Gasteiger partial charge on any atom is 0.230 e. The normalized spacial score (nSPS) is 18.2. The van der Waals surface area contributed by atoms with Crippen LogP contribution in [0.1, 0.15) is 43.9 Å². The van der Waals surface area contributed by atoms with Crippen LogP contribution in [-0.2, 0) is 4.79 Å². The van der Waals surface area contributed by atoms with Crippen molar-refractivity contribution in [2.45, 2.75) is 44.6 Å². The lowest BCUT2D eigenvalue weighted by Gasteiger charge is -2.33. The molecule has 3 nitrogen and oxygen atoms in total. The zero-order valence-electron chi connectivity index (χ0n) is 16.6. The van der Waals surface area contributed by atoms with E-state index in [0.29, 0.717) is 5.75 Å². The smallest absolute Gasteiger partial charge is 0.230 e. The predicted octanol–water partition coefficient (Wildman–Crippen LogP) is 5.20. The van der Waals surface area contributed by atoms with E-state index in [1.54, 1.807) is 11.8 Å². The molecular formula is C23H30N2OS. The lowest BCUT2D eigenvalue weighted by molar-refractivity contribution is -0.119. The molecule has 1 heterocycles. The molecule has 0 unspecified atom stereocenters. The third-order valence-corrected chi connectivity index (χ3v) is 6.20. The summed E-state index contributed by atoms with van der Waals surface area (Å²) in [4.78, 5) is 15.9. The number of aryl methyl sites for hydroxylation is 1. The Morgan fingerprint density at radius 2 is 1.89 bits per heavy atom. The lowest BCUT2D eigenvalue weighted by atomic mass is 9.99. The van der Waals surface area contributed by atoms with Crippen molar-refractivity contribution in [1.29, 1.82) is 0 Å². The van der Waals surface area contributed by atoms with E-state index in [0.717, 1.165) is 29.5 Å². The van der Waals surface area contributed by atoms with Crippen molar-refractivity contribution >= 4 is 23.4 Å². The van der Waals surface area contributed by atoms with Gasteiger partial charge in [0, 0.05) is 23.7 Å². The first-order valence-electron chi connectivity index (χ1n) is 9.85. The van der Waals surface area contributed by atoms with Crippen molar-refractivity contribution in [3.63, 3.8) is 0 Å². The van der Waals surface area contributed by atoms with Gasteiger partial charge in [-0.1, -0.05) is 36.8 Å². The number of amides is 1. The van der Waals surface area contributed by atoms with Gasteiger partial charge in [0.2, 0.25) is 5.91 Å². The number of benzene rings is 2. The Balaban J connectivity index is 1.50. The van der Waals surface area contributed by atoms with Gasteiger partial charge < -0.3 is 10.2 Å². The zero-order valence-corrected chi connectivity index (χ0v) is 17.4. The molecule has 1 amide bonds. The van der Waals surface area contributed by atoms with Crippen LogP contribution in [0.4, 0.5) is 5.69 Å². The van der Waals surface area contributed by atoms with Crippen LogP contribution in [0, 0.1) is 12.8 Å². The standard InChI is InChI=1S/C23H30N2OS/c1-17-6-12-22(13-7-17)27-16-23(26)24-19(3)20-8-10-21(11-9-20)25-14-4-5-18(2)15-25/h6-13,18-19H,4-5,14-16H2,1-3H3,(H,24,26)/t18-,19+/m0/s1. The Morgan fingerprint density at radius 1 is 1.19 bits per heavy atom. The first kappa shape index (κ1) is 19.8. The second-order valence-electron chi connectivity index (χ2n) is 7.68. The Kier molecular flexibility index (Phi) is 6.84. The van der Waals surface area contributed by atoms with Crippen molar-refractivity contribution < 1.29 is 4.79 Å². The summed E-state index contributed by atoms with van der Waals surface area (Å²) in [6.07, 6.45) is 2.60. The van der Waals surface area contributed by atoms with Gasteiger partial charge in [-0.3, -0.25) is 4.79 Å². The molecule has 2 aromatic carbocycles. The third-order valence-electron chi connectivity index (χ3n) is 5.18. The molecule has 4 heteroatoms. The van der Waals surface area contributed by atoms with E-state index in [9.17, 15) is 4.79 Å². The minimum absolute atomic E-state index is 0.0189.